The number of halogens is 2. The molecule has 10 heavy (non-hydrogen) atoms. The zero-order chi connectivity index (χ0) is 7.56. The number of methoxy groups -OCH3 is 1. The SMILES string of the molecule is COc1c(Cl)[c]ccc1F. The second-order valence-corrected chi connectivity index (χ2v) is 2.05. The first kappa shape index (κ1) is 7.35. The maximum Gasteiger partial charge on any atom is 0.173 e. The summed E-state index contributed by atoms with van der Waals surface area (Å²) >= 11 is 5.51. The Morgan fingerprint density at radius 3 is 2.80 bits per heavy atom. The number of benzene rings is 1. The van der Waals surface area contributed by atoms with Gasteiger partial charge in [0, 0.05) is 6.07 Å². The van der Waals surface area contributed by atoms with Gasteiger partial charge in [-0.1, -0.05) is 11.6 Å². The van der Waals surface area contributed by atoms with Crippen molar-refractivity contribution in [3.63, 3.8) is 0 Å². The lowest BCUT2D eigenvalue weighted by Gasteiger charge is -2.01. The Morgan fingerprint density at radius 2 is 2.40 bits per heavy atom. The largest absolute Gasteiger partial charge is 0.492 e. The molecule has 0 amide bonds. The number of hydrogen-bond acceptors (Lipinski definition) is 1. The molecule has 0 fully saturated rings. The molecular formula is C7H5ClFO. The van der Waals surface area contributed by atoms with Gasteiger partial charge in [0.25, 0.3) is 0 Å². The van der Waals surface area contributed by atoms with Crippen LogP contribution in [0.25, 0.3) is 0 Å². The Kier molecular flexibility index (Phi) is 2.12. The highest BCUT2D eigenvalue weighted by Crippen LogP contribution is 2.25. The molecule has 0 aromatic heterocycles. The van der Waals surface area contributed by atoms with Gasteiger partial charge in [-0.2, -0.15) is 0 Å². The zero-order valence-electron chi connectivity index (χ0n) is 5.32. The summed E-state index contributed by atoms with van der Waals surface area (Å²) in [7, 11) is 1.36. The average Bonchev–Trinajstić information content (AvgIpc) is 1.88. The van der Waals surface area contributed by atoms with Gasteiger partial charge in [0.05, 0.1) is 12.1 Å². The molecule has 0 bridgehead atoms. The lowest BCUT2D eigenvalue weighted by Crippen LogP contribution is -1.87. The molecule has 0 aliphatic carbocycles. The van der Waals surface area contributed by atoms with Crippen molar-refractivity contribution in [1.82, 2.24) is 0 Å². The second kappa shape index (κ2) is 2.88. The summed E-state index contributed by atoms with van der Waals surface area (Å²) < 4.78 is 17.3. The van der Waals surface area contributed by atoms with Crippen LogP contribution in [0.15, 0.2) is 12.1 Å². The van der Waals surface area contributed by atoms with Crippen molar-refractivity contribution in [2.24, 2.45) is 0 Å². The molecule has 0 saturated carbocycles. The van der Waals surface area contributed by atoms with Crippen LogP contribution in [0, 0.1) is 11.9 Å². The van der Waals surface area contributed by atoms with Crippen LogP contribution in [0.3, 0.4) is 0 Å². The molecule has 3 heteroatoms. The van der Waals surface area contributed by atoms with Crippen LogP contribution in [0.4, 0.5) is 4.39 Å². The van der Waals surface area contributed by atoms with Crippen LogP contribution < -0.4 is 4.74 Å². The molecule has 0 aliphatic heterocycles. The molecule has 1 rings (SSSR count). The monoisotopic (exact) mass is 159 g/mol. The maximum atomic E-state index is 12.6. The summed E-state index contributed by atoms with van der Waals surface area (Å²) in [5.41, 5.74) is 0. The van der Waals surface area contributed by atoms with Crippen LogP contribution in [0.5, 0.6) is 5.75 Å². The predicted molar refractivity (Wildman–Crippen MR) is 36.8 cm³/mol. The van der Waals surface area contributed by atoms with E-state index >= 15 is 0 Å². The molecule has 1 nitrogen and oxygen atoms in total. The van der Waals surface area contributed by atoms with Crippen LogP contribution in [-0.4, -0.2) is 7.11 Å². The minimum absolute atomic E-state index is 0.0455. The molecule has 0 spiro atoms. The van der Waals surface area contributed by atoms with Gasteiger partial charge >= 0.3 is 0 Å². The summed E-state index contributed by atoms with van der Waals surface area (Å²) in [6.07, 6.45) is 0. The highest BCUT2D eigenvalue weighted by Gasteiger charge is 2.04. The van der Waals surface area contributed by atoms with Crippen LogP contribution in [0.1, 0.15) is 0 Å². The van der Waals surface area contributed by atoms with E-state index in [2.05, 4.69) is 10.8 Å². The number of ether oxygens (including phenoxy) is 1. The van der Waals surface area contributed by atoms with Crippen molar-refractivity contribution in [3.05, 3.63) is 29.0 Å². The minimum atomic E-state index is -0.466. The summed E-state index contributed by atoms with van der Waals surface area (Å²) in [4.78, 5) is 0. The molecule has 1 radical (unpaired) electrons. The van der Waals surface area contributed by atoms with E-state index < -0.39 is 5.82 Å². The number of hydrogen-bond donors (Lipinski definition) is 0. The fraction of sp³-hybridized carbons (Fsp3) is 0.143. The number of rotatable bonds is 1. The van der Waals surface area contributed by atoms with Crippen molar-refractivity contribution in [3.8, 4) is 5.75 Å². The predicted octanol–water partition coefficient (Wildman–Crippen LogP) is 2.29. The molecule has 1 aromatic carbocycles. The molecule has 0 aliphatic rings. The van der Waals surface area contributed by atoms with E-state index in [0.717, 1.165) is 0 Å². The van der Waals surface area contributed by atoms with E-state index in [1.165, 1.54) is 19.2 Å². The Hall–Kier alpha value is -0.760. The van der Waals surface area contributed by atoms with Gasteiger partial charge in [-0.15, -0.1) is 0 Å². The zero-order valence-corrected chi connectivity index (χ0v) is 6.07. The van der Waals surface area contributed by atoms with E-state index in [9.17, 15) is 4.39 Å². The normalized spacial score (nSPS) is 9.50. The fourth-order valence-electron chi connectivity index (χ4n) is 0.621. The lowest BCUT2D eigenvalue weighted by atomic mass is 10.3. The van der Waals surface area contributed by atoms with Crippen molar-refractivity contribution in [2.75, 3.05) is 7.11 Å². The van der Waals surface area contributed by atoms with E-state index in [1.54, 1.807) is 0 Å². The molecule has 0 saturated heterocycles. The lowest BCUT2D eigenvalue weighted by molar-refractivity contribution is 0.386. The third kappa shape index (κ3) is 1.21. The highest BCUT2D eigenvalue weighted by atomic mass is 35.5. The van der Waals surface area contributed by atoms with E-state index in [1.807, 2.05) is 0 Å². The highest BCUT2D eigenvalue weighted by molar-refractivity contribution is 6.31. The van der Waals surface area contributed by atoms with Crippen molar-refractivity contribution in [1.29, 1.82) is 0 Å². The van der Waals surface area contributed by atoms with Crippen molar-refractivity contribution >= 4 is 11.6 Å². The van der Waals surface area contributed by atoms with E-state index in [4.69, 9.17) is 11.6 Å². The Balaban J connectivity index is 3.17. The van der Waals surface area contributed by atoms with E-state index in [0.29, 0.717) is 0 Å². The summed E-state index contributed by atoms with van der Waals surface area (Å²) in [6, 6.07) is 5.24. The smallest absolute Gasteiger partial charge is 0.173 e. The average molecular weight is 160 g/mol. The van der Waals surface area contributed by atoms with Crippen LogP contribution >= 0.6 is 11.6 Å². The van der Waals surface area contributed by atoms with Gasteiger partial charge in [-0.3, -0.25) is 0 Å². The van der Waals surface area contributed by atoms with Crippen LogP contribution in [0.2, 0.25) is 5.02 Å². The standard InChI is InChI=1S/C7H5ClFO/c1-10-7-5(8)3-2-4-6(7)9/h2,4H,1H3. The van der Waals surface area contributed by atoms with Crippen LogP contribution in [-0.2, 0) is 0 Å². The molecule has 0 heterocycles. The summed E-state index contributed by atoms with van der Waals surface area (Å²) in [5, 5.41) is 0.169. The first-order valence-electron chi connectivity index (χ1n) is 2.65. The van der Waals surface area contributed by atoms with Crippen molar-refractivity contribution < 1.29 is 9.13 Å². The molecule has 0 unspecified atom stereocenters. The van der Waals surface area contributed by atoms with Gasteiger partial charge in [-0.05, 0) is 12.1 Å². The van der Waals surface area contributed by atoms with Gasteiger partial charge in [-0.25, -0.2) is 4.39 Å². The quantitative estimate of drug-likeness (QED) is 0.611. The first-order valence-corrected chi connectivity index (χ1v) is 3.03. The van der Waals surface area contributed by atoms with Gasteiger partial charge in [0.15, 0.2) is 11.6 Å². The second-order valence-electron chi connectivity index (χ2n) is 1.67. The van der Waals surface area contributed by atoms with Gasteiger partial charge in [0.2, 0.25) is 0 Å². The molecular weight excluding hydrogens is 155 g/mol. The van der Waals surface area contributed by atoms with Gasteiger partial charge < -0.3 is 4.74 Å². The molecule has 0 N–H and O–H groups in total. The Morgan fingerprint density at radius 1 is 1.70 bits per heavy atom. The first-order chi connectivity index (χ1) is 4.75. The third-order valence-electron chi connectivity index (χ3n) is 1.06. The van der Waals surface area contributed by atoms with Gasteiger partial charge in [0.1, 0.15) is 0 Å². The summed E-state index contributed by atoms with van der Waals surface area (Å²) in [5.74, 6) is -0.421. The minimum Gasteiger partial charge on any atom is -0.492 e. The Bertz CT molecular complexity index is 217. The topological polar surface area (TPSA) is 9.23 Å². The Labute approximate surface area is 63.4 Å². The fourth-order valence-corrected chi connectivity index (χ4v) is 0.852. The van der Waals surface area contributed by atoms with Crippen molar-refractivity contribution in [2.45, 2.75) is 0 Å². The molecule has 0 atom stereocenters. The third-order valence-corrected chi connectivity index (χ3v) is 1.34. The molecule has 53 valence electrons. The molecule has 1 aromatic rings. The summed E-state index contributed by atoms with van der Waals surface area (Å²) in [6.45, 7) is 0. The van der Waals surface area contributed by atoms with E-state index in [-0.39, 0.29) is 10.8 Å². The maximum absolute atomic E-state index is 12.6.